The van der Waals surface area contributed by atoms with E-state index < -0.39 is 0 Å². The van der Waals surface area contributed by atoms with Gasteiger partial charge in [-0.05, 0) is 0 Å². The number of aromatic nitrogens is 2. The van der Waals surface area contributed by atoms with Gasteiger partial charge in [-0.2, -0.15) is 0 Å². The van der Waals surface area contributed by atoms with Gasteiger partial charge in [-0.1, -0.05) is 0 Å². The van der Waals surface area contributed by atoms with Crippen molar-refractivity contribution in [3.63, 3.8) is 0 Å². The molecule has 0 saturated heterocycles. The van der Waals surface area contributed by atoms with Crippen LogP contribution in [0.25, 0.3) is 11.0 Å². The van der Waals surface area contributed by atoms with Crippen LogP contribution in [0, 0.1) is 0 Å². The third-order valence-electron chi connectivity index (χ3n) is 2.70. The number of rotatable bonds is 2. The summed E-state index contributed by atoms with van der Waals surface area (Å²) >= 11 is -0.139. The van der Waals surface area contributed by atoms with Crippen LogP contribution in [0.5, 0.6) is 0 Å². The zero-order valence-corrected chi connectivity index (χ0v) is 11.4. The maximum atomic E-state index is 12.0. The number of hydrogen-bond acceptors (Lipinski definition) is 5. The average molecular weight is 322 g/mol. The van der Waals surface area contributed by atoms with Crippen molar-refractivity contribution in [3.8, 4) is 0 Å². The summed E-state index contributed by atoms with van der Waals surface area (Å²) in [5.74, 6) is -0.489. The molecule has 0 bridgehead atoms. The Morgan fingerprint density at radius 3 is 3.00 bits per heavy atom. The molecule has 1 aromatic carbocycles. The predicted octanol–water partition coefficient (Wildman–Crippen LogP) is -0.109. The van der Waals surface area contributed by atoms with Crippen molar-refractivity contribution in [2.24, 2.45) is 5.10 Å². The molecule has 2 N–H and O–H groups in total. The molecule has 0 saturated carbocycles. The van der Waals surface area contributed by atoms with E-state index in [1.165, 1.54) is 0 Å². The Morgan fingerprint density at radius 2 is 2.21 bits per heavy atom. The SMILES string of the molecule is O=C1CCC(C(=O)Nc2cccc3n[se]nc23)=NN1. The zero-order chi connectivity index (χ0) is 13.2. The summed E-state index contributed by atoms with van der Waals surface area (Å²) in [6, 6.07) is 5.46. The topological polar surface area (TPSA) is 96.3 Å². The molecule has 0 spiro atoms. The molecular formula is C11H9N5O2Se. The number of nitrogens with one attached hydrogen (secondary N) is 2. The second kappa shape index (κ2) is 4.91. The van der Waals surface area contributed by atoms with E-state index >= 15 is 0 Å². The number of amides is 2. The van der Waals surface area contributed by atoms with Crippen LogP contribution in [0.3, 0.4) is 0 Å². The molecule has 0 unspecified atom stereocenters. The average Bonchev–Trinajstić information content (AvgIpc) is 2.89. The molecule has 7 nitrogen and oxygen atoms in total. The molecule has 2 amide bonds. The van der Waals surface area contributed by atoms with Crippen molar-refractivity contribution in [1.82, 2.24) is 13.4 Å². The van der Waals surface area contributed by atoms with Crippen LogP contribution < -0.4 is 10.7 Å². The van der Waals surface area contributed by atoms with Crippen LogP contribution in [0.15, 0.2) is 23.3 Å². The molecule has 96 valence electrons. The van der Waals surface area contributed by atoms with Crippen molar-refractivity contribution in [2.75, 3.05) is 5.32 Å². The number of carbonyl (C=O) groups is 2. The fraction of sp³-hybridized carbons (Fsp3) is 0.182. The third kappa shape index (κ3) is 2.40. The Morgan fingerprint density at radius 1 is 1.32 bits per heavy atom. The molecular weight excluding hydrogens is 313 g/mol. The Hall–Kier alpha value is -2.05. The molecule has 3 rings (SSSR count). The van der Waals surface area contributed by atoms with Gasteiger partial charge in [0.05, 0.1) is 0 Å². The standard InChI is InChI=1S/C11H9N5O2Se/c17-9-5-4-8(13-14-9)11(18)12-6-2-1-3-7-10(6)16-19-15-7/h1-3H,4-5H2,(H,12,18)(H,14,17). The first kappa shape index (κ1) is 12.0. The first-order valence-corrected chi connectivity index (χ1v) is 7.15. The summed E-state index contributed by atoms with van der Waals surface area (Å²) in [7, 11) is 0. The van der Waals surface area contributed by atoms with Crippen LogP contribution in [0.4, 0.5) is 5.69 Å². The predicted molar refractivity (Wildman–Crippen MR) is 69.9 cm³/mol. The van der Waals surface area contributed by atoms with Gasteiger partial charge in [0.1, 0.15) is 0 Å². The van der Waals surface area contributed by atoms with E-state index in [0.29, 0.717) is 17.8 Å². The molecule has 0 atom stereocenters. The third-order valence-corrected chi connectivity index (χ3v) is 3.84. The van der Waals surface area contributed by atoms with Gasteiger partial charge in [-0.3, -0.25) is 0 Å². The van der Waals surface area contributed by atoms with Gasteiger partial charge in [-0.15, -0.1) is 0 Å². The minimum absolute atomic E-state index is 0.139. The van der Waals surface area contributed by atoms with E-state index in [9.17, 15) is 9.59 Å². The summed E-state index contributed by atoms with van der Waals surface area (Å²) < 4.78 is 8.53. The van der Waals surface area contributed by atoms with Crippen molar-refractivity contribution in [3.05, 3.63) is 18.2 Å². The van der Waals surface area contributed by atoms with Gasteiger partial charge < -0.3 is 0 Å². The molecule has 0 radical (unpaired) electrons. The molecule has 0 fully saturated rings. The zero-order valence-electron chi connectivity index (χ0n) is 9.71. The summed E-state index contributed by atoms with van der Waals surface area (Å²) in [6.07, 6.45) is 0.625. The van der Waals surface area contributed by atoms with Crippen molar-refractivity contribution < 1.29 is 9.59 Å². The van der Waals surface area contributed by atoms with E-state index in [1.807, 2.05) is 12.1 Å². The molecule has 0 aliphatic carbocycles. The first-order chi connectivity index (χ1) is 9.24. The minimum atomic E-state index is -0.317. The number of hydrazone groups is 1. The van der Waals surface area contributed by atoms with Gasteiger partial charge in [0.25, 0.3) is 0 Å². The number of benzene rings is 1. The van der Waals surface area contributed by atoms with Gasteiger partial charge in [-0.25, -0.2) is 0 Å². The number of nitrogens with zero attached hydrogens (tertiary/aromatic N) is 3. The van der Waals surface area contributed by atoms with E-state index in [-0.39, 0.29) is 33.2 Å². The van der Waals surface area contributed by atoms with Crippen LogP contribution >= 0.6 is 0 Å². The molecule has 1 aliphatic rings. The summed E-state index contributed by atoms with van der Waals surface area (Å²) in [5, 5.41) is 6.52. The van der Waals surface area contributed by atoms with Crippen molar-refractivity contribution in [2.45, 2.75) is 12.8 Å². The van der Waals surface area contributed by atoms with Gasteiger partial charge >= 0.3 is 114 Å². The maximum absolute atomic E-state index is 12.0. The van der Waals surface area contributed by atoms with Crippen LogP contribution in [0.2, 0.25) is 0 Å². The quantitative estimate of drug-likeness (QED) is 0.754. The molecule has 1 aliphatic heterocycles. The molecule has 19 heavy (non-hydrogen) atoms. The van der Waals surface area contributed by atoms with E-state index in [2.05, 4.69) is 23.8 Å². The van der Waals surface area contributed by atoms with Crippen molar-refractivity contribution in [1.29, 1.82) is 0 Å². The fourth-order valence-corrected chi connectivity index (χ4v) is 2.89. The number of fused-ring (bicyclic) bond motifs is 1. The fourth-order valence-electron chi connectivity index (χ4n) is 1.74. The van der Waals surface area contributed by atoms with E-state index in [0.717, 1.165) is 11.0 Å². The van der Waals surface area contributed by atoms with Crippen LogP contribution in [0.1, 0.15) is 12.8 Å². The summed E-state index contributed by atoms with van der Waals surface area (Å²) in [6.45, 7) is 0. The number of carbonyl (C=O) groups excluding carboxylic acids is 2. The number of hydrogen-bond donors (Lipinski definition) is 2. The van der Waals surface area contributed by atoms with Crippen LogP contribution in [-0.2, 0) is 9.59 Å². The number of anilines is 1. The second-order valence-electron chi connectivity index (χ2n) is 3.99. The Labute approximate surface area is 114 Å². The second-order valence-corrected chi connectivity index (χ2v) is 5.09. The Bertz CT molecular complexity index is 693. The normalized spacial score (nSPS) is 14.9. The molecule has 1 aromatic heterocycles. The molecule has 2 heterocycles. The Balaban J connectivity index is 1.83. The Kier molecular flexibility index (Phi) is 3.10. The molecule has 2 aromatic rings. The van der Waals surface area contributed by atoms with Crippen LogP contribution in [-0.4, -0.2) is 40.4 Å². The summed E-state index contributed by atoms with van der Waals surface area (Å²) in [5.41, 5.74) is 4.77. The van der Waals surface area contributed by atoms with E-state index in [4.69, 9.17) is 0 Å². The van der Waals surface area contributed by atoms with Crippen molar-refractivity contribution >= 4 is 49.2 Å². The van der Waals surface area contributed by atoms with Gasteiger partial charge in [0.15, 0.2) is 0 Å². The first-order valence-electron chi connectivity index (χ1n) is 5.62. The van der Waals surface area contributed by atoms with E-state index in [1.54, 1.807) is 6.07 Å². The van der Waals surface area contributed by atoms with Gasteiger partial charge in [0.2, 0.25) is 0 Å². The van der Waals surface area contributed by atoms with Gasteiger partial charge in [0, 0.05) is 0 Å². The summed E-state index contributed by atoms with van der Waals surface area (Å²) in [4.78, 5) is 23.0. The molecule has 8 heteroatoms. The monoisotopic (exact) mass is 323 g/mol.